The lowest BCUT2D eigenvalue weighted by Gasteiger charge is -2.08. The molecule has 0 fully saturated rings. The first kappa shape index (κ1) is 11.5. The van der Waals surface area contributed by atoms with E-state index in [9.17, 15) is 4.79 Å². The summed E-state index contributed by atoms with van der Waals surface area (Å²) < 4.78 is 1.20. The van der Waals surface area contributed by atoms with Gasteiger partial charge in [0.2, 0.25) is 5.91 Å². The molecule has 0 aromatic heterocycles. The van der Waals surface area contributed by atoms with Crippen LogP contribution < -0.4 is 5.73 Å². The summed E-state index contributed by atoms with van der Waals surface area (Å²) in [6.45, 7) is 4.32. The van der Waals surface area contributed by atoms with Crippen molar-refractivity contribution in [3.05, 3.63) is 32.9 Å². The molecular formula is C11H14INO. The molecule has 2 nitrogen and oxygen atoms in total. The Morgan fingerprint density at radius 1 is 1.50 bits per heavy atom. The predicted molar refractivity (Wildman–Crippen MR) is 66.2 cm³/mol. The standard InChI is InChI=1S/C11H14INO/c1-7(2)5-9-6-8(11(13)14)3-4-10(9)12/h3-4,6-7H,5H2,1-2H3,(H2,13,14). The summed E-state index contributed by atoms with van der Waals surface area (Å²) >= 11 is 2.28. The molecule has 0 aliphatic carbocycles. The van der Waals surface area contributed by atoms with Crippen LogP contribution in [0.5, 0.6) is 0 Å². The smallest absolute Gasteiger partial charge is 0.248 e. The molecule has 2 N–H and O–H groups in total. The van der Waals surface area contributed by atoms with Gasteiger partial charge in [-0.3, -0.25) is 4.79 Å². The minimum Gasteiger partial charge on any atom is -0.366 e. The van der Waals surface area contributed by atoms with Crippen LogP contribution in [0.25, 0.3) is 0 Å². The number of carbonyl (C=O) groups excluding carboxylic acids is 1. The van der Waals surface area contributed by atoms with Crippen LogP contribution in [0.2, 0.25) is 0 Å². The molecule has 14 heavy (non-hydrogen) atoms. The molecule has 0 aliphatic rings. The number of hydrogen-bond donors (Lipinski definition) is 1. The Balaban J connectivity index is 3.02. The van der Waals surface area contributed by atoms with Crippen LogP contribution in [0.15, 0.2) is 18.2 Å². The molecule has 3 heteroatoms. The highest BCUT2D eigenvalue weighted by Gasteiger charge is 2.06. The van der Waals surface area contributed by atoms with Gasteiger partial charge in [0.05, 0.1) is 0 Å². The number of rotatable bonds is 3. The van der Waals surface area contributed by atoms with Gasteiger partial charge in [-0.1, -0.05) is 13.8 Å². The summed E-state index contributed by atoms with van der Waals surface area (Å²) in [5.41, 5.74) is 7.03. The number of halogens is 1. The minimum atomic E-state index is -0.355. The molecule has 1 rings (SSSR count). The number of nitrogens with two attached hydrogens (primary N) is 1. The summed E-state index contributed by atoms with van der Waals surface area (Å²) in [7, 11) is 0. The first-order valence-corrected chi connectivity index (χ1v) is 5.67. The second-order valence-electron chi connectivity index (χ2n) is 3.77. The first-order chi connectivity index (χ1) is 6.50. The SMILES string of the molecule is CC(C)Cc1cc(C(N)=O)ccc1I. The van der Waals surface area contributed by atoms with Crippen molar-refractivity contribution in [2.24, 2.45) is 11.7 Å². The van der Waals surface area contributed by atoms with Crippen molar-refractivity contribution in [2.75, 3.05) is 0 Å². The topological polar surface area (TPSA) is 43.1 Å². The summed E-state index contributed by atoms with van der Waals surface area (Å²) in [5, 5.41) is 0. The van der Waals surface area contributed by atoms with Gasteiger partial charge >= 0.3 is 0 Å². The number of carbonyl (C=O) groups is 1. The Morgan fingerprint density at radius 2 is 2.14 bits per heavy atom. The van der Waals surface area contributed by atoms with Crippen LogP contribution in [-0.2, 0) is 6.42 Å². The molecule has 0 saturated carbocycles. The lowest BCUT2D eigenvalue weighted by molar-refractivity contribution is 0.1000. The predicted octanol–water partition coefficient (Wildman–Crippen LogP) is 2.59. The fraction of sp³-hybridized carbons (Fsp3) is 0.364. The van der Waals surface area contributed by atoms with Crippen LogP contribution >= 0.6 is 22.6 Å². The molecule has 76 valence electrons. The molecule has 0 spiro atoms. The van der Waals surface area contributed by atoms with Gasteiger partial charge in [0.25, 0.3) is 0 Å². The van der Waals surface area contributed by atoms with E-state index in [1.165, 1.54) is 9.13 Å². The van der Waals surface area contributed by atoms with Gasteiger partial charge in [0, 0.05) is 9.13 Å². The third-order valence-corrected chi connectivity index (χ3v) is 3.01. The maximum absolute atomic E-state index is 11.0. The van der Waals surface area contributed by atoms with Crippen molar-refractivity contribution in [1.29, 1.82) is 0 Å². The molecule has 0 unspecified atom stereocenters. The van der Waals surface area contributed by atoms with E-state index in [-0.39, 0.29) is 5.91 Å². The number of primary amides is 1. The van der Waals surface area contributed by atoms with Crippen LogP contribution in [-0.4, -0.2) is 5.91 Å². The van der Waals surface area contributed by atoms with E-state index in [0.717, 1.165) is 6.42 Å². The first-order valence-electron chi connectivity index (χ1n) is 4.59. The number of benzene rings is 1. The van der Waals surface area contributed by atoms with Crippen molar-refractivity contribution in [1.82, 2.24) is 0 Å². The van der Waals surface area contributed by atoms with Crippen LogP contribution in [0, 0.1) is 9.49 Å². The van der Waals surface area contributed by atoms with E-state index < -0.39 is 0 Å². The molecule has 0 atom stereocenters. The lowest BCUT2D eigenvalue weighted by atomic mass is 10.0. The van der Waals surface area contributed by atoms with E-state index >= 15 is 0 Å². The number of hydrogen-bond acceptors (Lipinski definition) is 1. The van der Waals surface area contributed by atoms with Crippen molar-refractivity contribution < 1.29 is 4.79 Å². The van der Waals surface area contributed by atoms with Crippen molar-refractivity contribution in [3.8, 4) is 0 Å². The Morgan fingerprint density at radius 3 is 2.64 bits per heavy atom. The lowest BCUT2D eigenvalue weighted by Crippen LogP contribution is -2.11. The average Bonchev–Trinajstić information content (AvgIpc) is 2.07. The molecule has 1 amide bonds. The van der Waals surface area contributed by atoms with E-state index in [1.807, 2.05) is 12.1 Å². The van der Waals surface area contributed by atoms with Crippen LogP contribution in [0.1, 0.15) is 29.8 Å². The Hall–Kier alpha value is -0.580. The van der Waals surface area contributed by atoms with E-state index in [1.54, 1.807) is 6.07 Å². The molecule has 0 saturated heterocycles. The van der Waals surface area contributed by atoms with Crippen LogP contribution in [0.3, 0.4) is 0 Å². The van der Waals surface area contributed by atoms with Crippen molar-refractivity contribution in [2.45, 2.75) is 20.3 Å². The molecule has 0 radical (unpaired) electrons. The van der Waals surface area contributed by atoms with Crippen LogP contribution in [0.4, 0.5) is 0 Å². The summed E-state index contributed by atoms with van der Waals surface area (Å²) in [6, 6.07) is 5.61. The summed E-state index contributed by atoms with van der Waals surface area (Å²) in [5.74, 6) is 0.234. The highest BCUT2D eigenvalue weighted by molar-refractivity contribution is 14.1. The maximum atomic E-state index is 11.0. The monoisotopic (exact) mass is 303 g/mol. The zero-order valence-corrected chi connectivity index (χ0v) is 10.5. The third kappa shape index (κ3) is 2.97. The molecule has 0 bridgehead atoms. The van der Waals surface area contributed by atoms with Gasteiger partial charge in [0.1, 0.15) is 0 Å². The van der Waals surface area contributed by atoms with Gasteiger partial charge in [-0.15, -0.1) is 0 Å². The van der Waals surface area contributed by atoms with Gasteiger partial charge in [0.15, 0.2) is 0 Å². The zero-order chi connectivity index (χ0) is 10.7. The fourth-order valence-corrected chi connectivity index (χ4v) is 1.88. The number of amides is 1. The molecule has 0 aliphatic heterocycles. The Bertz CT molecular complexity index is 347. The maximum Gasteiger partial charge on any atom is 0.248 e. The van der Waals surface area contributed by atoms with E-state index in [4.69, 9.17) is 5.73 Å². The minimum absolute atomic E-state index is 0.355. The third-order valence-electron chi connectivity index (χ3n) is 1.96. The van der Waals surface area contributed by atoms with Gasteiger partial charge in [-0.25, -0.2) is 0 Å². The quantitative estimate of drug-likeness (QED) is 0.857. The molecule has 0 heterocycles. The van der Waals surface area contributed by atoms with Crippen molar-refractivity contribution >= 4 is 28.5 Å². The zero-order valence-electron chi connectivity index (χ0n) is 8.38. The Kier molecular flexibility index (Phi) is 3.92. The molecular weight excluding hydrogens is 289 g/mol. The van der Waals surface area contributed by atoms with Crippen molar-refractivity contribution in [3.63, 3.8) is 0 Å². The van der Waals surface area contributed by atoms with Gasteiger partial charge in [-0.2, -0.15) is 0 Å². The molecule has 1 aromatic rings. The fourth-order valence-electron chi connectivity index (χ4n) is 1.32. The normalized spacial score (nSPS) is 10.6. The second-order valence-corrected chi connectivity index (χ2v) is 4.93. The van der Waals surface area contributed by atoms with E-state index in [0.29, 0.717) is 11.5 Å². The average molecular weight is 303 g/mol. The second kappa shape index (κ2) is 4.77. The Labute approximate surface area is 98.0 Å². The largest absolute Gasteiger partial charge is 0.366 e. The highest BCUT2D eigenvalue weighted by Crippen LogP contribution is 2.17. The molecule has 1 aromatic carbocycles. The summed E-state index contributed by atoms with van der Waals surface area (Å²) in [6.07, 6.45) is 0.986. The van der Waals surface area contributed by atoms with Gasteiger partial charge in [-0.05, 0) is 58.7 Å². The summed E-state index contributed by atoms with van der Waals surface area (Å²) in [4.78, 5) is 11.0. The van der Waals surface area contributed by atoms with E-state index in [2.05, 4.69) is 36.4 Å². The van der Waals surface area contributed by atoms with Gasteiger partial charge < -0.3 is 5.73 Å². The highest BCUT2D eigenvalue weighted by atomic mass is 127.